The van der Waals surface area contributed by atoms with Crippen LogP contribution in [-0.2, 0) is 45.1 Å². The average Bonchev–Trinajstić information content (AvgIpc) is 3.93. The molecule has 3 amide bonds. The standard InChI is InChI=1S/C48H48ClN7O7/c1-30-24-34(19-22-37(30)54-47(50)51)25-40(43(57)45-53-38-14-8-9-15-42(38)63-45)52-44(58)41-26-36(61-28-33-16-20-35(49)21-17-33)27-56(41)46(59)39(23-18-31-10-4-2-5-11-31)55-48(60)62-29-32-12-6-3-7-13-32/h2-17,19-22,24,36,39-41H,18,23,25-29H2,1H3,(H,52,58)(H,55,60)(H4,50,51,54)/t36-,39-,40?,41+/m1/s1. The number of ether oxygens (including phenoxy) is 2. The van der Waals surface area contributed by atoms with Gasteiger partial charge < -0.3 is 40.9 Å². The SMILES string of the molecule is Cc1cc(CC(NC(=O)[C@@H]2C[C@@H](OCc3ccc(Cl)cc3)CN2C(=O)[C@@H](CCc2ccccc2)NC(=O)OCc2ccccc2)C(=O)c2nc3ccccc3o2)ccc1N=C(N)N. The van der Waals surface area contributed by atoms with E-state index in [-0.39, 0.29) is 50.9 Å². The van der Waals surface area contributed by atoms with Gasteiger partial charge in [-0.05, 0) is 77.9 Å². The number of aliphatic imine (C=N–C) groups is 1. The molecule has 1 aliphatic rings. The van der Waals surface area contributed by atoms with Gasteiger partial charge in [0.25, 0.3) is 5.89 Å². The zero-order chi connectivity index (χ0) is 44.3. The number of nitrogens with two attached hydrogens (primary N) is 2. The number of Topliss-reactive ketones (excluding diaryl/α,β-unsaturated/α-hetero) is 1. The molecule has 1 fully saturated rings. The molecule has 63 heavy (non-hydrogen) atoms. The van der Waals surface area contributed by atoms with Crippen molar-refractivity contribution >= 4 is 58.0 Å². The summed E-state index contributed by atoms with van der Waals surface area (Å²) in [6, 6.07) is 34.9. The molecule has 0 saturated carbocycles. The van der Waals surface area contributed by atoms with E-state index in [0.717, 1.165) is 22.3 Å². The molecule has 1 saturated heterocycles. The highest BCUT2D eigenvalue weighted by Crippen LogP contribution is 2.26. The fourth-order valence-corrected chi connectivity index (χ4v) is 7.60. The number of hydrogen-bond acceptors (Lipinski definition) is 9. The second-order valence-corrected chi connectivity index (χ2v) is 15.8. The maximum atomic E-state index is 14.8. The van der Waals surface area contributed by atoms with Crippen LogP contribution >= 0.6 is 11.6 Å². The van der Waals surface area contributed by atoms with Crippen LogP contribution in [0.4, 0.5) is 10.5 Å². The average molecular weight is 870 g/mol. The summed E-state index contributed by atoms with van der Waals surface area (Å²) in [6.45, 7) is 2.04. The lowest BCUT2D eigenvalue weighted by Crippen LogP contribution is -2.55. The van der Waals surface area contributed by atoms with Crippen molar-refractivity contribution in [3.63, 3.8) is 0 Å². The summed E-state index contributed by atoms with van der Waals surface area (Å²) in [7, 11) is 0. The molecule has 14 nitrogen and oxygen atoms in total. The van der Waals surface area contributed by atoms with Gasteiger partial charge in [0.1, 0.15) is 30.2 Å². The number of aromatic nitrogens is 1. The van der Waals surface area contributed by atoms with E-state index in [2.05, 4.69) is 20.6 Å². The van der Waals surface area contributed by atoms with E-state index in [1.54, 1.807) is 48.5 Å². The summed E-state index contributed by atoms with van der Waals surface area (Å²) in [6.07, 6.45) is -0.579. The van der Waals surface area contributed by atoms with Crippen LogP contribution in [0.5, 0.6) is 0 Å². The third-order valence-electron chi connectivity index (χ3n) is 10.7. The summed E-state index contributed by atoms with van der Waals surface area (Å²) in [4.78, 5) is 67.2. The smallest absolute Gasteiger partial charge is 0.408 e. The van der Waals surface area contributed by atoms with Crippen molar-refractivity contribution in [1.29, 1.82) is 0 Å². The maximum absolute atomic E-state index is 14.8. The molecule has 6 N–H and O–H groups in total. The Balaban J connectivity index is 1.17. The minimum Gasteiger partial charge on any atom is -0.445 e. The summed E-state index contributed by atoms with van der Waals surface area (Å²) in [5, 5.41) is 6.30. The lowest BCUT2D eigenvalue weighted by atomic mass is 9.99. The van der Waals surface area contributed by atoms with Crippen LogP contribution in [0.3, 0.4) is 0 Å². The number of fused-ring (bicyclic) bond motifs is 1. The van der Waals surface area contributed by atoms with Crippen molar-refractivity contribution in [2.24, 2.45) is 16.5 Å². The summed E-state index contributed by atoms with van der Waals surface area (Å²) in [5.41, 5.74) is 16.7. The van der Waals surface area contributed by atoms with Gasteiger partial charge >= 0.3 is 6.09 Å². The molecule has 0 bridgehead atoms. The molecule has 2 heterocycles. The number of alkyl carbamates (subject to hydrolysis) is 1. The van der Waals surface area contributed by atoms with Crippen LogP contribution < -0.4 is 22.1 Å². The fourth-order valence-electron chi connectivity index (χ4n) is 7.47. The predicted molar refractivity (Wildman–Crippen MR) is 239 cm³/mol. The molecule has 324 valence electrons. The van der Waals surface area contributed by atoms with Gasteiger partial charge in [0.2, 0.25) is 17.6 Å². The molecular weight excluding hydrogens is 822 g/mol. The number of guanidine groups is 1. The molecule has 15 heteroatoms. The number of nitrogens with zero attached hydrogens (tertiary/aromatic N) is 3. The first-order valence-electron chi connectivity index (χ1n) is 20.6. The highest BCUT2D eigenvalue weighted by Gasteiger charge is 2.44. The van der Waals surface area contributed by atoms with Crippen molar-refractivity contribution < 1.29 is 33.1 Å². The van der Waals surface area contributed by atoms with Gasteiger partial charge in [-0.3, -0.25) is 14.4 Å². The number of benzene rings is 5. The van der Waals surface area contributed by atoms with Gasteiger partial charge in [-0.2, -0.15) is 0 Å². The van der Waals surface area contributed by atoms with Crippen LogP contribution in [0, 0.1) is 6.92 Å². The number of likely N-dealkylation sites (tertiary alicyclic amines) is 1. The van der Waals surface area contributed by atoms with Crippen LogP contribution in [0.2, 0.25) is 5.02 Å². The molecule has 5 aromatic carbocycles. The van der Waals surface area contributed by atoms with Crippen LogP contribution in [0.15, 0.2) is 137 Å². The molecule has 1 aliphatic heterocycles. The summed E-state index contributed by atoms with van der Waals surface area (Å²) < 4.78 is 17.7. The van der Waals surface area contributed by atoms with Crippen LogP contribution in [0.25, 0.3) is 11.1 Å². The molecule has 0 radical (unpaired) electrons. The van der Waals surface area contributed by atoms with E-state index in [9.17, 15) is 19.2 Å². The van der Waals surface area contributed by atoms with E-state index in [1.165, 1.54) is 4.90 Å². The van der Waals surface area contributed by atoms with Crippen molar-refractivity contribution in [2.45, 2.75) is 70.1 Å². The molecule has 1 unspecified atom stereocenters. The van der Waals surface area contributed by atoms with Crippen molar-refractivity contribution in [3.8, 4) is 0 Å². The normalized spacial score (nSPS) is 15.6. The third kappa shape index (κ3) is 11.9. The predicted octanol–water partition coefficient (Wildman–Crippen LogP) is 6.72. The molecule has 0 spiro atoms. The van der Waals surface area contributed by atoms with Gasteiger partial charge in [-0.15, -0.1) is 0 Å². The Bertz CT molecular complexity index is 2530. The molecule has 7 rings (SSSR count). The van der Waals surface area contributed by atoms with E-state index >= 15 is 0 Å². The molecule has 1 aromatic heterocycles. The van der Waals surface area contributed by atoms with E-state index in [0.29, 0.717) is 33.8 Å². The first-order chi connectivity index (χ1) is 30.5. The number of rotatable bonds is 17. The summed E-state index contributed by atoms with van der Waals surface area (Å²) >= 11 is 6.12. The Morgan fingerprint density at radius 1 is 0.825 bits per heavy atom. The van der Waals surface area contributed by atoms with Gasteiger partial charge in [0, 0.05) is 24.4 Å². The lowest BCUT2D eigenvalue weighted by Gasteiger charge is -2.29. The van der Waals surface area contributed by atoms with Crippen molar-refractivity contribution in [1.82, 2.24) is 20.5 Å². The number of carbonyl (C=O) groups is 4. The minimum absolute atomic E-state index is 0.00628. The Labute approximate surface area is 369 Å². The van der Waals surface area contributed by atoms with Crippen molar-refractivity contribution in [3.05, 3.63) is 166 Å². The fraction of sp³-hybridized carbons (Fsp3) is 0.250. The lowest BCUT2D eigenvalue weighted by molar-refractivity contribution is -0.140. The quantitative estimate of drug-likeness (QED) is 0.0433. The van der Waals surface area contributed by atoms with Gasteiger partial charge in [0.05, 0.1) is 18.4 Å². The number of hydrogen-bond donors (Lipinski definition) is 4. The van der Waals surface area contributed by atoms with Crippen LogP contribution in [0.1, 0.15) is 51.3 Å². The largest absolute Gasteiger partial charge is 0.445 e. The van der Waals surface area contributed by atoms with E-state index < -0.39 is 47.9 Å². The second-order valence-electron chi connectivity index (χ2n) is 15.4. The highest BCUT2D eigenvalue weighted by atomic mass is 35.5. The number of oxazole rings is 1. The first-order valence-corrected chi connectivity index (χ1v) is 20.9. The number of aryl methyl sites for hydroxylation is 2. The van der Waals surface area contributed by atoms with E-state index in [1.807, 2.05) is 85.8 Å². The minimum atomic E-state index is -1.18. The monoisotopic (exact) mass is 869 g/mol. The molecule has 6 aromatic rings. The third-order valence-corrected chi connectivity index (χ3v) is 11.0. The van der Waals surface area contributed by atoms with Crippen molar-refractivity contribution in [2.75, 3.05) is 6.54 Å². The number of ketones is 1. The van der Waals surface area contributed by atoms with Gasteiger partial charge in [0.15, 0.2) is 11.5 Å². The zero-order valence-electron chi connectivity index (χ0n) is 34.6. The Morgan fingerprint density at radius 3 is 2.19 bits per heavy atom. The Kier molecular flexibility index (Phi) is 14.5. The second kappa shape index (κ2) is 20.7. The molecule has 4 atom stereocenters. The first kappa shape index (κ1) is 44.0. The highest BCUT2D eigenvalue weighted by molar-refractivity contribution is 6.30. The number of nitrogens with one attached hydrogen (secondary N) is 2. The Hall–Kier alpha value is -7.03. The number of para-hydroxylation sites is 2. The number of halogens is 1. The topological polar surface area (TPSA) is 204 Å². The maximum Gasteiger partial charge on any atom is 0.408 e. The molecular formula is C48H48ClN7O7. The number of amides is 3. The number of carbonyl (C=O) groups excluding carboxylic acids is 4. The molecule has 0 aliphatic carbocycles. The Morgan fingerprint density at radius 2 is 1.49 bits per heavy atom. The zero-order valence-corrected chi connectivity index (χ0v) is 35.4. The van der Waals surface area contributed by atoms with Gasteiger partial charge in [-0.1, -0.05) is 109 Å². The van der Waals surface area contributed by atoms with E-state index in [4.69, 9.17) is 37.0 Å². The summed E-state index contributed by atoms with van der Waals surface area (Å²) in [5.74, 6) is -1.96. The van der Waals surface area contributed by atoms with Gasteiger partial charge in [-0.25, -0.2) is 14.8 Å². The van der Waals surface area contributed by atoms with Crippen LogP contribution in [-0.4, -0.2) is 70.3 Å².